The first-order valence-corrected chi connectivity index (χ1v) is 8.91. The quantitative estimate of drug-likeness (QED) is 0.500. The van der Waals surface area contributed by atoms with E-state index in [0.29, 0.717) is 0 Å². The van der Waals surface area contributed by atoms with Crippen molar-refractivity contribution in [1.82, 2.24) is 10.9 Å². The second-order valence-corrected chi connectivity index (χ2v) is 6.38. The van der Waals surface area contributed by atoms with Crippen LogP contribution in [0.1, 0.15) is 43.4 Å². The van der Waals surface area contributed by atoms with Crippen molar-refractivity contribution in [3.8, 4) is 0 Å². The monoisotopic (exact) mass is 388 g/mol. The summed E-state index contributed by atoms with van der Waals surface area (Å²) in [5.74, 6) is -1.18. The van der Waals surface area contributed by atoms with Gasteiger partial charge in [-0.15, -0.1) is 0 Å². The average molecular weight is 388 g/mol. The lowest BCUT2D eigenvalue weighted by Gasteiger charge is -1.98. The number of rotatable bonds is 6. The molecule has 0 atom stereocenters. The number of furan rings is 1. The topological polar surface area (TPSA) is 96.1 Å². The van der Waals surface area contributed by atoms with Gasteiger partial charge in [0.25, 0.3) is 0 Å². The fourth-order valence-electron chi connectivity index (χ4n) is 2.33. The zero-order chi connectivity index (χ0) is 20.6. The van der Waals surface area contributed by atoms with Crippen LogP contribution in [0.4, 0.5) is 0 Å². The summed E-state index contributed by atoms with van der Waals surface area (Å²) in [6.07, 6.45) is 3.04. The Kier molecular flexibility index (Phi) is 6.32. The number of carbonyl (C=O) groups excluding carboxylic acids is 2. The minimum Gasteiger partial charge on any atom is -0.446 e. The molecule has 0 radical (unpaired) electrons. The zero-order valence-electron chi connectivity index (χ0n) is 16.0. The number of hydrazone groups is 2. The summed E-state index contributed by atoms with van der Waals surface area (Å²) in [7, 11) is 0. The molecule has 1 heterocycles. The summed E-state index contributed by atoms with van der Waals surface area (Å²) < 4.78 is 5.27. The maximum atomic E-state index is 12.1. The highest BCUT2D eigenvalue weighted by molar-refractivity contribution is 5.96. The molecule has 0 saturated carbocycles. The van der Waals surface area contributed by atoms with Gasteiger partial charge in [0.05, 0.1) is 12.4 Å². The molecule has 0 aliphatic carbocycles. The molecule has 0 saturated heterocycles. The second kappa shape index (κ2) is 9.27. The van der Waals surface area contributed by atoms with Crippen molar-refractivity contribution in [3.63, 3.8) is 0 Å². The minimum absolute atomic E-state index is 0.0290. The van der Waals surface area contributed by atoms with Crippen molar-refractivity contribution in [2.45, 2.75) is 13.8 Å². The Bertz CT molecular complexity index is 964. The number of aryl methyl sites for hydroxylation is 2. The molecule has 29 heavy (non-hydrogen) atoms. The molecule has 0 aliphatic rings. The molecule has 2 amide bonds. The standard InChI is InChI=1S/C22H20N4O3/c1-15-3-7-17(8-4-15)13-23-25-21(27)19-11-12-20(29-19)22(28)26-24-14-18-9-5-16(2)6-10-18/h3-14H,1-2H3,(H,25,27)(H,26,28)/b23-13+,24-14+. The predicted octanol–water partition coefficient (Wildman–Crippen LogP) is 3.42. The van der Waals surface area contributed by atoms with Crippen LogP contribution in [-0.4, -0.2) is 24.2 Å². The third kappa shape index (κ3) is 5.74. The van der Waals surface area contributed by atoms with Gasteiger partial charge in [0, 0.05) is 0 Å². The van der Waals surface area contributed by atoms with Gasteiger partial charge in [-0.1, -0.05) is 59.7 Å². The number of amides is 2. The van der Waals surface area contributed by atoms with Gasteiger partial charge >= 0.3 is 11.8 Å². The summed E-state index contributed by atoms with van der Waals surface area (Å²) in [6, 6.07) is 18.1. The lowest BCUT2D eigenvalue weighted by molar-refractivity contribution is 0.0902. The molecule has 0 spiro atoms. The van der Waals surface area contributed by atoms with Crippen LogP contribution in [0.2, 0.25) is 0 Å². The Morgan fingerprint density at radius 1 is 0.690 bits per heavy atom. The van der Waals surface area contributed by atoms with E-state index in [0.717, 1.165) is 22.3 Å². The molecule has 2 N–H and O–H groups in total. The van der Waals surface area contributed by atoms with Crippen LogP contribution in [-0.2, 0) is 0 Å². The van der Waals surface area contributed by atoms with Crippen LogP contribution in [0.15, 0.2) is 75.3 Å². The molecule has 3 rings (SSSR count). The highest BCUT2D eigenvalue weighted by Gasteiger charge is 2.15. The second-order valence-electron chi connectivity index (χ2n) is 6.38. The minimum atomic E-state index is -0.560. The molecule has 1 aromatic heterocycles. The molecule has 2 aromatic carbocycles. The Morgan fingerprint density at radius 2 is 1.07 bits per heavy atom. The van der Waals surface area contributed by atoms with Crippen molar-refractivity contribution >= 4 is 24.2 Å². The van der Waals surface area contributed by atoms with Gasteiger partial charge in [-0.05, 0) is 37.1 Å². The molecule has 0 fully saturated rings. The molecule has 7 heteroatoms. The number of hydrogen-bond donors (Lipinski definition) is 2. The van der Waals surface area contributed by atoms with Crippen molar-refractivity contribution < 1.29 is 14.0 Å². The molecule has 0 aliphatic heterocycles. The molecule has 7 nitrogen and oxygen atoms in total. The van der Waals surface area contributed by atoms with E-state index < -0.39 is 11.8 Å². The van der Waals surface area contributed by atoms with Gasteiger partial charge in [0.15, 0.2) is 11.5 Å². The Balaban J connectivity index is 1.53. The third-order valence-electron chi connectivity index (χ3n) is 3.97. The largest absolute Gasteiger partial charge is 0.446 e. The molecule has 3 aromatic rings. The highest BCUT2D eigenvalue weighted by Crippen LogP contribution is 2.08. The lowest BCUT2D eigenvalue weighted by atomic mass is 10.2. The number of nitrogens with one attached hydrogen (secondary N) is 2. The van der Waals surface area contributed by atoms with Gasteiger partial charge in [0.1, 0.15) is 0 Å². The number of nitrogens with zero attached hydrogens (tertiary/aromatic N) is 2. The number of carbonyl (C=O) groups is 2. The average Bonchev–Trinajstić information content (AvgIpc) is 3.21. The third-order valence-corrected chi connectivity index (χ3v) is 3.97. The first-order chi connectivity index (χ1) is 14.0. The van der Waals surface area contributed by atoms with E-state index in [1.807, 2.05) is 62.4 Å². The summed E-state index contributed by atoms with van der Waals surface area (Å²) >= 11 is 0. The summed E-state index contributed by atoms with van der Waals surface area (Å²) in [5.41, 5.74) is 8.69. The Labute approximate surface area is 168 Å². The van der Waals surface area contributed by atoms with Crippen molar-refractivity contribution in [2.75, 3.05) is 0 Å². The molecular formula is C22H20N4O3. The zero-order valence-corrected chi connectivity index (χ0v) is 16.0. The maximum absolute atomic E-state index is 12.1. The van der Waals surface area contributed by atoms with Crippen LogP contribution < -0.4 is 10.9 Å². The number of benzene rings is 2. The van der Waals surface area contributed by atoms with Crippen molar-refractivity contribution in [3.05, 3.63) is 94.4 Å². The first kappa shape index (κ1) is 19.8. The van der Waals surface area contributed by atoms with E-state index in [4.69, 9.17) is 4.42 Å². The van der Waals surface area contributed by atoms with Gasteiger partial charge in [-0.25, -0.2) is 10.9 Å². The van der Waals surface area contributed by atoms with Gasteiger partial charge < -0.3 is 4.42 Å². The summed E-state index contributed by atoms with van der Waals surface area (Å²) in [4.78, 5) is 24.1. The van der Waals surface area contributed by atoms with Gasteiger partial charge in [-0.3, -0.25) is 9.59 Å². The first-order valence-electron chi connectivity index (χ1n) is 8.91. The maximum Gasteiger partial charge on any atom is 0.307 e. The van der Waals surface area contributed by atoms with Crippen LogP contribution in [0, 0.1) is 13.8 Å². The fourth-order valence-corrected chi connectivity index (χ4v) is 2.33. The fraction of sp³-hybridized carbons (Fsp3) is 0.0909. The van der Waals surface area contributed by atoms with Crippen LogP contribution in [0.5, 0.6) is 0 Å². The van der Waals surface area contributed by atoms with E-state index in [1.165, 1.54) is 24.6 Å². The lowest BCUT2D eigenvalue weighted by Crippen LogP contribution is -2.18. The van der Waals surface area contributed by atoms with E-state index >= 15 is 0 Å². The molecule has 0 bridgehead atoms. The summed E-state index contributed by atoms with van der Waals surface area (Å²) in [6.45, 7) is 3.97. The SMILES string of the molecule is Cc1ccc(/C=N/NC(=O)c2ccc(C(=O)N/N=C/c3ccc(C)cc3)o2)cc1. The van der Waals surface area contributed by atoms with Crippen LogP contribution in [0.3, 0.4) is 0 Å². The van der Waals surface area contributed by atoms with E-state index in [-0.39, 0.29) is 11.5 Å². The summed E-state index contributed by atoms with van der Waals surface area (Å²) in [5, 5.41) is 7.76. The Hall–Kier alpha value is -4.00. The van der Waals surface area contributed by atoms with Crippen molar-refractivity contribution in [1.29, 1.82) is 0 Å². The highest BCUT2D eigenvalue weighted by atomic mass is 16.4. The van der Waals surface area contributed by atoms with Crippen LogP contribution >= 0.6 is 0 Å². The van der Waals surface area contributed by atoms with E-state index in [2.05, 4.69) is 21.1 Å². The Morgan fingerprint density at radius 3 is 1.45 bits per heavy atom. The van der Waals surface area contributed by atoms with E-state index in [1.54, 1.807) is 0 Å². The molecule has 0 unspecified atom stereocenters. The molecule has 146 valence electrons. The van der Waals surface area contributed by atoms with Crippen LogP contribution in [0.25, 0.3) is 0 Å². The van der Waals surface area contributed by atoms with Crippen molar-refractivity contribution in [2.24, 2.45) is 10.2 Å². The normalized spacial score (nSPS) is 11.1. The molecular weight excluding hydrogens is 368 g/mol. The van der Waals surface area contributed by atoms with Gasteiger partial charge in [0.2, 0.25) is 0 Å². The smallest absolute Gasteiger partial charge is 0.307 e. The van der Waals surface area contributed by atoms with Gasteiger partial charge in [-0.2, -0.15) is 10.2 Å². The predicted molar refractivity (Wildman–Crippen MR) is 111 cm³/mol. The number of hydrogen-bond acceptors (Lipinski definition) is 5. The van der Waals surface area contributed by atoms with E-state index in [9.17, 15) is 9.59 Å².